The van der Waals surface area contributed by atoms with Crippen molar-refractivity contribution in [3.63, 3.8) is 0 Å². The van der Waals surface area contributed by atoms with Crippen LogP contribution in [0.25, 0.3) is 0 Å². The lowest BCUT2D eigenvalue weighted by molar-refractivity contribution is 0.0607. The Labute approximate surface area is 160 Å². The van der Waals surface area contributed by atoms with Crippen molar-refractivity contribution in [1.82, 2.24) is 24.4 Å². The second kappa shape index (κ2) is 7.00. The van der Waals surface area contributed by atoms with Crippen molar-refractivity contribution in [3.05, 3.63) is 47.5 Å². The van der Waals surface area contributed by atoms with Crippen LogP contribution in [-0.2, 0) is 16.6 Å². The van der Waals surface area contributed by atoms with E-state index >= 15 is 0 Å². The molecule has 0 amide bonds. The van der Waals surface area contributed by atoms with E-state index in [1.165, 1.54) is 5.56 Å². The molecule has 2 saturated heterocycles. The predicted octanol–water partition coefficient (Wildman–Crippen LogP) is 1.75. The fourth-order valence-corrected chi connectivity index (χ4v) is 6.15. The number of aromatic nitrogens is 3. The molecule has 4 rings (SSSR count). The van der Waals surface area contributed by atoms with Crippen molar-refractivity contribution in [2.24, 2.45) is 5.41 Å². The van der Waals surface area contributed by atoms with Crippen LogP contribution < -0.4 is 0 Å². The van der Waals surface area contributed by atoms with E-state index in [2.05, 4.69) is 44.3 Å². The van der Waals surface area contributed by atoms with E-state index in [0.29, 0.717) is 19.5 Å². The second-order valence-corrected chi connectivity index (χ2v) is 10.0. The predicted molar refractivity (Wildman–Crippen MR) is 104 cm³/mol. The first-order chi connectivity index (χ1) is 12.9. The SMILES string of the molecule is CCCS(=O)(=O)N1CC2(CN(Cc3ccccc3)CC2c2n[nH]c(C)n2)C1. The number of nitrogens with zero attached hydrogens (tertiary/aromatic N) is 4. The number of aryl methyl sites for hydroxylation is 1. The van der Waals surface area contributed by atoms with Gasteiger partial charge < -0.3 is 0 Å². The first-order valence-electron chi connectivity index (χ1n) is 9.55. The maximum absolute atomic E-state index is 12.4. The molecule has 3 heterocycles. The minimum atomic E-state index is -3.15. The van der Waals surface area contributed by atoms with Gasteiger partial charge >= 0.3 is 0 Å². The van der Waals surface area contributed by atoms with Crippen LogP contribution in [0.2, 0.25) is 0 Å². The van der Waals surface area contributed by atoms with Crippen LogP contribution in [0, 0.1) is 12.3 Å². The Morgan fingerprint density at radius 1 is 1.22 bits per heavy atom. The molecule has 1 aromatic carbocycles. The van der Waals surface area contributed by atoms with E-state index in [1.54, 1.807) is 4.31 Å². The molecule has 27 heavy (non-hydrogen) atoms. The van der Waals surface area contributed by atoms with Crippen LogP contribution in [0.4, 0.5) is 0 Å². The van der Waals surface area contributed by atoms with Gasteiger partial charge in [0.15, 0.2) is 5.82 Å². The monoisotopic (exact) mass is 389 g/mol. The van der Waals surface area contributed by atoms with Crippen LogP contribution >= 0.6 is 0 Å². The summed E-state index contributed by atoms with van der Waals surface area (Å²) in [5.41, 5.74) is 1.18. The molecule has 1 N–H and O–H groups in total. The van der Waals surface area contributed by atoms with Gasteiger partial charge in [0, 0.05) is 44.1 Å². The van der Waals surface area contributed by atoms with Crippen molar-refractivity contribution in [1.29, 1.82) is 0 Å². The Morgan fingerprint density at radius 3 is 2.59 bits per heavy atom. The number of hydrogen-bond acceptors (Lipinski definition) is 5. The molecule has 7 nitrogen and oxygen atoms in total. The second-order valence-electron chi connectivity index (χ2n) is 7.93. The maximum atomic E-state index is 12.4. The Balaban J connectivity index is 1.55. The van der Waals surface area contributed by atoms with Gasteiger partial charge in [0.1, 0.15) is 5.82 Å². The molecule has 8 heteroatoms. The average Bonchev–Trinajstić information content (AvgIpc) is 3.18. The highest BCUT2D eigenvalue weighted by Gasteiger charge is 2.58. The van der Waals surface area contributed by atoms with Crippen LogP contribution in [0.3, 0.4) is 0 Å². The third kappa shape index (κ3) is 3.53. The van der Waals surface area contributed by atoms with E-state index in [0.717, 1.165) is 31.3 Å². The highest BCUT2D eigenvalue weighted by molar-refractivity contribution is 7.89. The summed E-state index contributed by atoms with van der Waals surface area (Å²) in [6.45, 7) is 7.54. The van der Waals surface area contributed by atoms with E-state index in [4.69, 9.17) is 0 Å². The zero-order valence-corrected chi connectivity index (χ0v) is 16.7. The maximum Gasteiger partial charge on any atom is 0.214 e. The number of nitrogens with one attached hydrogen (secondary N) is 1. The average molecular weight is 390 g/mol. The summed E-state index contributed by atoms with van der Waals surface area (Å²) in [7, 11) is -3.15. The number of benzene rings is 1. The molecule has 1 spiro atoms. The molecular formula is C19H27N5O2S. The van der Waals surface area contributed by atoms with Crippen LogP contribution in [0.15, 0.2) is 30.3 Å². The standard InChI is InChI=1S/C19H27N5O2S/c1-3-9-27(25,26)24-13-19(14-24)12-23(10-16-7-5-4-6-8-16)11-17(19)18-20-15(2)21-22-18/h4-8,17H,3,9-14H2,1-2H3,(H,20,21,22). The summed E-state index contributed by atoms with van der Waals surface area (Å²) in [5.74, 6) is 1.99. The van der Waals surface area contributed by atoms with E-state index < -0.39 is 10.0 Å². The lowest BCUT2D eigenvalue weighted by atomic mass is 9.72. The Bertz CT molecular complexity index is 890. The van der Waals surface area contributed by atoms with Crippen molar-refractivity contribution in [3.8, 4) is 0 Å². The van der Waals surface area contributed by atoms with Gasteiger partial charge in [-0.1, -0.05) is 37.3 Å². The fraction of sp³-hybridized carbons (Fsp3) is 0.579. The molecule has 2 fully saturated rings. The van der Waals surface area contributed by atoms with E-state index in [-0.39, 0.29) is 17.1 Å². The van der Waals surface area contributed by atoms with Gasteiger partial charge in [-0.3, -0.25) is 10.00 Å². The normalized spacial score (nSPS) is 23.0. The molecule has 1 unspecified atom stereocenters. The Kier molecular flexibility index (Phi) is 4.82. The lowest BCUT2D eigenvalue weighted by Crippen LogP contribution is -2.61. The Hall–Kier alpha value is -1.77. The number of H-pyrrole nitrogens is 1. The summed E-state index contributed by atoms with van der Waals surface area (Å²) in [5, 5.41) is 7.36. The van der Waals surface area contributed by atoms with Crippen molar-refractivity contribution < 1.29 is 8.42 Å². The molecule has 0 aliphatic carbocycles. The summed E-state index contributed by atoms with van der Waals surface area (Å²) in [4.78, 5) is 6.99. The van der Waals surface area contributed by atoms with Gasteiger partial charge in [-0.2, -0.15) is 5.10 Å². The smallest absolute Gasteiger partial charge is 0.214 e. The molecule has 2 aromatic rings. The van der Waals surface area contributed by atoms with Crippen LogP contribution in [0.5, 0.6) is 0 Å². The first kappa shape index (κ1) is 18.6. The molecule has 0 radical (unpaired) electrons. The minimum Gasteiger partial charge on any atom is -0.298 e. The van der Waals surface area contributed by atoms with Gasteiger partial charge in [0.25, 0.3) is 0 Å². The highest BCUT2D eigenvalue weighted by Crippen LogP contribution is 2.49. The number of hydrogen-bond donors (Lipinski definition) is 1. The molecular weight excluding hydrogens is 362 g/mol. The summed E-state index contributed by atoms with van der Waals surface area (Å²) in [6, 6.07) is 10.4. The quantitative estimate of drug-likeness (QED) is 0.814. The van der Waals surface area contributed by atoms with Crippen molar-refractivity contribution in [2.75, 3.05) is 31.9 Å². The number of rotatable bonds is 6. The van der Waals surface area contributed by atoms with E-state index in [9.17, 15) is 8.42 Å². The number of likely N-dealkylation sites (tertiary alicyclic amines) is 1. The van der Waals surface area contributed by atoms with Gasteiger partial charge in [-0.05, 0) is 18.9 Å². The van der Waals surface area contributed by atoms with E-state index in [1.807, 2.05) is 19.9 Å². The molecule has 1 aromatic heterocycles. The lowest BCUT2D eigenvalue weighted by Gasteiger charge is -2.49. The summed E-state index contributed by atoms with van der Waals surface area (Å²) < 4.78 is 26.5. The first-order valence-corrected chi connectivity index (χ1v) is 11.2. The molecule has 2 aliphatic heterocycles. The zero-order chi connectivity index (χ0) is 19.1. The van der Waals surface area contributed by atoms with Gasteiger partial charge in [-0.15, -0.1) is 0 Å². The largest absolute Gasteiger partial charge is 0.298 e. The molecule has 1 atom stereocenters. The molecule has 146 valence electrons. The third-order valence-electron chi connectivity index (χ3n) is 5.73. The van der Waals surface area contributed by atoms with Gasteiger partial charge in [0.2, 0.25) is 10.0 Å². The molecule has 2 aliphatic rings. The minimum absolute atomic E-state index is 0.0930. The number of aromatic amines is 1. The topological polar surface area (TPSA) is 82.2 Å². The fourth-order valence-electron chi connectivity index (χ4n) is 4.47. The van der Waals surface area contributed by atoms with Crippen molar-refractivity contribution >= 4 is 10.0 Å². The van der Waals surface area contributed by atoms with Crippen LogP contribution in [-0.4, -0.2) is 64.7 Å². The molecule has 0 bridgehead atoms. The molecule has 0 saturated carbocycles. The van der Waals surface area contributed by atoms with Gasteiger partial charge in [0.05, 0.1) is 5.75 Å². The van der Waals surface area contributed by atoms with Crippen LogP contribution in [0.1, 0.15) is 36.5 Å². The zero-order valence-electron chi connectivity index (χ0n) is 15.9. The summed E-state index contributed by atoms with van der Waals surface area (Å²) in [6.07, 6.45) is 0.648. The van der Waals surface area contributed by atoms with Crippen molar-refractivity contribution in [2.45, 2.75) is 32.7 Å². The third-order valence-corrected chi connectivity index (χ3v) is 7.70. The Morgan fingerprint density at radius 2 is 1.96 bits per heavy atom. The summed E-state index contributed by atoms with van der Waals surface area (Å²) >= 11 is 0. The highest BCUT2D eigenvalue weighted by atomic mass is 32.2. The number of sulfonamides is 1. The van der Waals surface area contributed by atoms with Gasteiger partial charge in [-0.25, -0.2) is 17.7 Å².